The van der Waals surface area contributed by atoms with Crippen molar-refractivity contribution in [2.75, 3.05) is 5.32 Å². The van der Waals surface area contributed by atoms with E-state index in [1.165, 1.54) is 37.2 Å². The molecule has 0 aliphatic heterocycles. The van der Waals surface area contributed by atoms with E-state index in [4.69, 9.17) is 11.6 Å². The van der Waals surface area contributed by atoms with Gasteiger partial charge in [0.2, 0.25) is 10.4 Å². The second-order valence-corrected chi connectivity index (χ2v) is 4.08. The number of hydrogen-bond acceptors (Lipinski definition) is 4. The fourth-order valence-corrected chi connectivity index (χ4v) is 2.30. The van der Waals surface area contributed by atoms with E-state index in [-0.39, 0.29) is 0 Å². The van der Waals surface area contributed by atoms with Crippen LogP contribution >= 0.6 is 23.1 Å². The van der Waals surface area contributed by atoms with Crippen LogP contribution in [0.3, 0.4) is 0 Å². The summed E-state index contributed by atoms with van der Waals surface area (Å²) >= 11 is 6.93. The van der Waals surface area contributed by atoms with E-state index >= 15 is 0 Å². The lowest BCUT2D eigenvalue weighted by Gasteiger charge is -2.08. The molecule has 1 fully saturated rings. The first kappa shape index (κ1) is 8.26. The maximum atomic E-state index is 5.59. The molecule has 1 aromatic heterocycles. The van der Waals surface area contributed by atoms with Gasteiger partial charge in [0.05, 0.1) is 0 Å². The van der Waals surface area contributed by atoms with Crippen LogP contribution in [0.15, 0.2) is 0 Å². The molecule has 5 heteroatoms. The van der Waals surface area contributed by atoms with Gasteiger partial charge in [-0.3, -0.25) is 0 Å². The molecule has 66 valence electrons. The average Bonchev–Trinajstić information content (AvgIpc) is 2.63. The SMILES string of the molecule is Clc1nsc(NC2CCCC2)n1. The summed E-state index contributed by atoms with van der Waals surface area (Å²) < 4.78 is 3.89. The topological polar surface area (TPSA) is 37.8 Å². The monoisotopic (exact) mass is 203 g/mol. The molecule has 1 heterocycles. The number of rotatable bonds is 2. The minimum absolute atomic E-state index is 0.348. The van der Waals surface area contributed by atoms with Gasteiger partial charge < -0.3 is 5.32 Å². The fraction of sp³-hybridized carbons (Fsp3) is 0.714. The third-order valence-corrected chi connectivity index (χ3v) is 3.00. The zero-order valence-electron chi connectivity index (χ0n) is 6.59. The molecule has 3 nitrogen and oxygen atoms in total. The summed E-state index contributed by atoms with van der Waals surface area (Å²) in [7, 11) is 0. The first-order chi connectivity index (χ1) is 5.84. The molecule has 1 saturated carbocycles. The molecule has 1 aromatic rings. The highest BCUT2D eigenvalue weighted by Crippen LogP contribution is 2.23. The molecule has 2 rings (SSSR count). The van der Waals surface area contributed by atoms with Crippen LogP contribution in [0.2, 0.25) is 5.28 Å². The Labute approximate surface area is 80.3 Å². The Hall–Kier alpha value is -0.350. The van der Waals surface area contributed by atoms with Gasteiger partial charge in [0, 0.05) is 17.6 Å². The molecule has 0 saturated heterocycles. The van der Waals surface area contributed by atoms with Crippen LogP contribution in [0.1, 0.15) is 25.7 Å². The first-order valence-corrected chi connectivity index (χ1v) is 5.25. The first-order valence-electron chi connectivity index (χ1n) is 4.10. The number of hydrogen-bond donors (Lipinski definition) is 1. The van der Waals surface area contributed by atoms with Crippen molar-refractivity contribution in [1.82, 2.24) is 9.36 Å². The lowest BCUT2D eigenvalue weighted by atomic mass is 10.3. The van der Waals surface area contributed by atoms with Gasteiger partial charge in [-0.1, -0.05) is 12.8 Å². The van der Waals surface area contributed by atoms with Gasteiger partial charge in [0.25, 0.3) is 0 Å². The van der Waals surface area contributed by atoms with Crippen molar-refractivity contribution in [3.05, 3.63) is 5.28 Å². The minimum atomic E-state index is 0.348. The van der Waals surface area contributed by atoms with Crippen LogP contribution in [0.5, 0.6) is 0 Å². The molecule has 0 spiro atoms. The summed E-state index contributed by atoms with van der Waals surface area (Å²) in [4.78, 5) is 4.04. The number of aromatic nitrogens is 2. The number of nitrogens with zero attached hydrogens (tertiary/aromatic N) is 2. The average molecular weight is 204 g/mol. The van der Waals surface area contributed by atoms with Crippen LogP contribution in [0.4, 0.5) is 5.13 Å². The summed E-state index contributed by atoms with van der Waals surface area (Å²) in [5.74, 6) is 0. The normalized spacial score (nSPS) is 18.4. The Balaban J connectivity index is 1.94. The number of nitrogens with one attached hydrogen (secondary N) is 1. The molecule has 0 aromatic carbocycles. The summed E-state index contributed by atoms with van der Waals surface area (Å²) in [6, 6.07) is 0.592. The van der Waals surface area contributed by atoms with Gasteiger partial charge in [0.15, 0.2) is 0 Å². The molecule has 0 bridgehead atoms. The number of halogens is 1. The van der Waals surface area contributed by atoms with Crippen molar-refractivity contribution in [1.29, 1.82) is 0 Å². The van der Waals surface area contributed by atoms with Gasteiger partial charge >= 0.3 is 0 Å². The molecule has 12 heavy (non-hydrogen) atoms. The van der Waals surface area contributed by atoms with Crippen LogP contribution < -0.4 is 5.32 Å². The standard InChI is InChI=1S/C7H10ClN3S/c8-6-10-7(12-11-6)9-5-3-1-2-4-5/h5H,1-4H2,(H,9,10,11). The highest BCUT2D eigenvalue weighted by molar-refractivity contribution is 7.09. The van der Waals surface area contributed by atoms with Crippen molar-refractivity contribution >= 4 is 28.3 Å². The minimum Gasteiger partial charge on any atom is -0.358 e. The summed E-state index contributed by atoms with van der Waals surface area (Å²) in [5, 5.41) is 4.52. The van der Waals surface area contributed by atoms with Crippen molar-refractivity contribution in [2.24, 2.45) is 0 Å². The van der Waals surface area contributed by atoms with Crippen molar-refractivity contribution in [3.63, 3.8) is 0 Å². The van der Waals surface area contributed by atoms with Gasteiger partial charge in [0.1, 0.15) is 0 Å². The van der Waals surface area contributed by atoms with Crippen LogP contribution in [0, 0.1) is 0 Å². The zero-order chi connectivity index (χ0) is 8.39. The van der Waals surface area contributed by atoms with Crippen LogP contribution in [0.25, 0.3) is 0 Å². The summed E-state index contributed by atoms with van der Waals surface area (Å²) in [6.45, 7) is 0. The van der Waals surface area contributed by atoms with Gasteiger partial charge in [-0.05, 0) is 24.4 Å². The Morgan fingerprint density at radius 2 is 2.17 bits per heavy atom. The molecular weight excluding hydrogens is 194 g/mol. The van der Waals surface area contributed by atoms with Crippen LogP contribution in [-0.4, -0.2) is 15.4 Å². The molecule has 0 amide bonds. The Bertz CT molecular complexity index is 257. The zero-order valence-corrected chi connectivity index (χ0v) is 8.16. The predicted octanol–water partition coefficient (Wildman–Crippen LogP) is 2.55. The quantitative estimate of drug-likeness (QED) is 0.803. The molecule has 0 radical (unpaired) electrons. The Morgan fingerprint density at radius 3 is 2.75 bits per heavy atom. The smallest absolute Gasteiger partial charge is 0.236 e. The van der Waals surface area contributed by atoms with Crippen molar-refractivity contribution < 1.29 is 0 Å². The second-order valence-electron chi connectivity index (χ2n) is 2.99. The van der Waals surface area contributed by atoms with Gasteiger partial charge in [-0.25, -0.2) is 0 Å². The summed E-state index contributed by atoms with van der Waals surface area (Å²) in [6.07, 6.45) is 5.14. The lowest BCUT2D eigenvalue weighted by Crippen LogP contribution is -2.13. The van der Waals surface area contributed by atoms with Gasteiger partial charge in [-0.2, -0.15) is 9.36 Å². The Kier molecular flexibility index (Phi) is 2.46. The predicted molar refractivity (Wildman–Crippen MR) is 50.8 cm³/mol. The Morgan fingerprint density at radius 1 is 1.42 bits per heavy atom. The molecule has 0 atom stereocenters. The van der Waals surface area contributed by atoms with E-state index in [2.05, 4.69) is 14.7 Å². The summed E-state index contributed by atoms with van der Waals surface area (Å²) in [5.41, 5.74) is 0. The van der Waals surface area contributed by atoms with Crippen molar-refractivity contribution in [2.45, 2.75) is 31.7 Å². The van der Waals surface area contributed by atoms with Crippen molar-refractivity contribution in [3.8, 4) is 0 Å². The molecule has 1 N–H and O–H groups in total. The van der Waals surface area contributed by atoms with E-state index in [9.17, 15) is 0 Å². The fourth-order valence-electron chi connectivity index (χ4n) is 1.51. The largest absolute Gasteiger partial charge is 0.358 e. The molecule has 0 unspecified atom stereocenters. The van der Waals surface area contributed by atoms with E-state index in [1.54, 1.807) is 0 Å². The third-order valence-electron chi connectivity index (χ3n) is 2.08. The highest BCUT2D eigenvalue weighted by Gasteiger charge is 2.15. The molecular formula is C7H10ClN3S. The van der Waals surface area contributed by atoms with E-state index in [1.807, 2.05) is 0 Å². The maximum Gasteiger partial charge on any atom is 0.236 e. The maximum absolute atomic E-state index is 5.59. The molecule has 1 aliphatic rings. The van der Waals surface area contributed by atoms with E-state index in [0.29, 0.717) is 11.3 Å². The van der Waals surface area contributed by atoms with Crippen LogP contribution in [-0.2, 0) is 0 Å². The lowest BCUT2D eigenvalue weighted by molar-refractivity contribution is 0.754. The third kappa shape index (κ3) is 1.87. The number of anilines is 1. The second kappa shape index (κ2) is 3.58. The van der Waals surface area contributed by atoms with Gasteiger partial charge in [-0.15, -0.1) is 0 Å². The highest BCUT2D eigenvalue weighted by atomic mass is 35.5. The van der Waals surface area contributed by atoms with E-state index < -0.39 is 0 Å². The van der Waals surface area contributed by atoms with E-state index in [0.717, 1.165) is 5.13 Å². The molecule has 1 aliphatic carbocycles.